The van der Waals surface area contributed by atoms with Gasteiger partial charge in [0.25, 0.3) is 0 Å². The highest BCUT2D eigenvalue weighted by Gasteiger charge is 2.15. The summed E-state index contributed by atoms with van der Waals surface area (Å²) in [6.45, 7) is 7.67. The Bertz CT molecular complexity index is 305. The molecule has 1 rings (SSSR count). The van der Waals surface area contributed by atoms with Gasteiger partial charge < -0.3 is 5.32 Å². The lowest BCUT2D eigenvalue weighted by Gasteiger charge is -2.17. The van der Waals surface area contributed by atoms with E-state index in [0.29, 0.717) is 6.04 Å². The highest BCUT2D eigenvalue weighted by molar-refractivity contribution is 9.11. The molecule has 1 aromatic heterocycles. The molecule has 0 saturated carbocycles. The molecular weight excluding hydrogens is 306 g/mol. The molecule has 0 aliphatic rings. The van der Waals surface area contributed by atoms with Gasteiger partial charge in [-0.2, -0.15) is 0 Å². The van der Waals surface area contributed by atoms with Crippen LogP contribution in [0.3, 0.4) is 0 Å². The fourth-order valence-electron chi connectivity index (χ4n) is 1.63. The van der Waals surface area contributed by atoms with Crippen molar-refractivity contribution in [2.45, 2.75) is 39.7 Å². The lowest BCUT2D eigenvalue weighted by molar-refractivity contribution is 0.453. The Labute approximate surface area is 116 Å². The predicted molar refractivity (Wildman–Crippen MR) is 77.5 cm³/mol. The van der Waals surface area contributed by atoms with E-state index < -0.39 is 0 Å². The minimum absolute atomic E-state index is 0.446. The maximum Gasteiger partial charge on any atom is 0.0887 e. The number of halogens is 2. The summed E-state index contributed by atoms with van der Waals surface area (Å²) in [6, 6.07) is 2.52. The Balaban J connectivity index is 2.68. The monoisotopic (exact) mass is 323 g/mol. The van der Waals surface area contributed by atoms with Gasteiger partial charge in [0.1, 0.15) is 0 Å². The summed E-state index contributed by atoms with van der Waals surface area (Å²) < 4.78 is 1.04. The standard InChI is InChI=1S/C12H19BrClNS/c1-4-15-10(6-5-8(2)3)11-7-9(14)12(13)16-11/h7-8,10,15H,4-6H2,1-3H3. The zero-order valence-corrected chi connectivity index (χ0v) is 13.2. The van der Waals surface area contributed by atoms with Crippen LogP contribution in [0.5, 0.6) is 0 Å². The van der Waals surface area contributed by atoms with Gasteiger partial charge in [0, 0.05) is 10.9 Å². The van der Waals surface area contributed by atoms with Crippen LogP contribution in [0.1, 0.15) is 44.5 Å². The summed E-state index contributed by atoms with van der Waals surface area (Å²) >= 11 is 11.3. The quantitative estimate of drug-likeness (QED) is 0.753. The Morgan fingerprint density at radius 3 is 2.56 bits per heavy atom. The van der Waals surface area contributed by atoms with Gasteiger partial charge in [-0.25, -0.2) is 0 Å². The maximum atomic E-state index is 6.07. The van der Waals surface area contributed by atoms with E-state index in [1.807, 2.05) is 0 Å². The number of rotatable bonds is 6. The molecule has 4 heteroatoms. The third kappa shape index (κ3) is 4.36. The van der Waals surface area contributed by atoms with Gasteiger partial charge in [-0.1, -0.05) is 32.4 Å². The van der Waals surface area contributed by atoms with Crippen molar-refractivity contribution in [2.75, 3.05) is 6.54 Å². The predicted octanol–water partition coefficient (Wildman–Crippen LogP) is 5.25. The van der Waals surface area contributed by atoms with Crippen LogP contribution in [0.25, 0.3) is 0 Å². The molecule has 0 aromatic carbocycles. The summed E-state index contributed by atoms with van der Waals surface area (Å²) in [5.74, 6) is 0.750. The fourth-order valence-corrected chi connectivity index (χ4v) is 3.48. The molecule has 1 unspecified atom stereocenters. The van der Waals surface area contributed by atoms with E-state index in [1.54, 1.807) is 11.3 Å². The first-order valence-electron chi connectivity index (χ1n) is 5.72. The molecule has 0 aliphatic carbocycles. The minimum atomic E-state index is 0.446. The van der Waals surface area contributed by atoms with E-state index in [-0.39, 0.29) is 0 Å². The second kappa shape index (κ2) is 7.00. The molecule has 0 fully saturated rings. The van der Waals surface area contributed by atoms with Crippen LogP contribution in [-0.2, 0) is 0 Å². The van der Waals surface area contributed by atoms with Crippen molar-refractivity contribution >= 4 is 38.9 Å². The van der Waals surface area contributed by atoms with E-state index in [0.717, 1.165) is 21.3 Å². The van der Waals surface area contributed by atoms with Gasteiger partial charge in [-0.15, -0.1) is 11.3 Å². The van der Waals surface area contributed by atoms with E-state index in [1.165, 1.54) is 17.7 Å². The highest BCUT2D eigenvalue weighted by atomic mass is 79.9. The fraction of sp³-hybridized carbons (Fsp3) is 0.667. The molecule has 1 atom stereocenters. The molecule has 0 spiro atoms. The van der Waals surface area contributed by atoms with Crippen molar-refractivity contribution in [3.63, 3.8) is 0 Å². The van der Waals surface area contributed by atoms with Crippen molar-refractivity contribution in [3.05, 3.63) is 19.8 Å². The Kier molecular flexibility index (Phi) is 6.34. The molecule has 0 radical (unpaired) electrons. The van der Waals surface area contributed by atoms with Crippen molar-refractivity contribution in [2.24, 2.45) is 5.92 Å². The molecule has 92 valence electrons. The van der Waals surface area contributed by atoms with E-state index in [2.05, 4.69) is 48.1 Å². The molecule has 0 bridgehead atoms. The maximum absolute atomic E-state index is 6.07. The highest BCUT2D eigenvalue weighted by Crippen LogP contribution is 2.36. The summed E-state index contributed by atoms with van der Waals surface area (Å²) in [5.41, 5.74) is 0. The van der Waals surface area contributed by atoms with Gasteiger partial charge in [0.05, 0.1) is 8.81 Å². The number of thiophene rings is 1. The third-order valence-electron chi connectivity index (χ3n) is 2.49. The molecule has 1 N–H and O–H groups in total. The largest absolute Gasteiger partial charge is 0.310 e. The molecular formula is C12H19BrClNS. The van der Waals surface area contributed by atoms with Gasteiger partial charge >= 0.3 is 0 Å². The van der Waals surface area contributed by atoms with Crippen molar-refractivity contribution in [1.82, 2.24) is 5.32 Å². The van der Waals surface area contributed by atoms with E-state index in [4.69, 9.17) is 11.6 Å². The van der Waals surface area contributed by atoms with Crippen molar-refractivity contribution in [3.8, 4) is 0 Å². The number of nitrogens with one attached hydrogen (secondary N) is 1. The van der Waals surface area contributed by atoms with Crippen molar-refractivity contribution in [1.29, 1.82) is 0 Å². The molecule has 16 heavy (non-hydrogen) atoms. The number of hydrogen-bond donors (Lipinski definition) is 1. The summed E-state index contributed by atoms with van der Waals surface area (Å²) in [6.07, 6.45) is 2.42. The lowest BCUT2D eigenvalue weighted by Crippen LogP contribution is -2.20. The van der Waals surface area contributed by atoms with Crippen LogP contribution >= 0.6 is 38.9 Å². The normalized spacial score (nSPS) is 13.4. The molecule has 0 aliphatic heterocycles. The van der Waals surface area contributed by atoms with Crippen molar-refractivity contribution < 1.29 is 0 Å². The zero-order chi connectivity index (χ0) is 12.1. The summed E-state index contributed by atoms with van der Waals surface area (Å²) in [4.78, 5) is 1.33. The van der Waals surface area contributed by atoms with Crippen LogP contribution in [-0.4, -0.2) is 6.54 Å². The topological polar surface area (TPSA) is 12.0 Å². The summed E-state index contributed by atoms with van der Waals surface area (Å²) in [5, 5.41) is 4.35. The van der Waals surface area contributed by atoms with E-state index >= 15 is 0 Å². The second-order valence-corrected chi connectivity index (χ2v) is 7.16. The van der Waals surface area contributed by atoms with Gasteiger partial charge in [-0.05, 0) is 47.3 Å². The lowest BCUT2D eigenvalue weighted by atomic mass is 10.0. The summed E-state index contributed by atoms with van der Waals surface area (Å²) in [7, 11) is 0. The molecule has 1 aromatic rings. The first-order valence-corrected chi connectivity index (χ1v) is 7.71. The molecule has 1 heterocycles. The third-order valence-corrected chi connectivity index (χ3v) is 5.08. The average molecular weight is 325 g/mol. The SMILES string of the molecule is CCNC(CCC(C)C)c1cc(Cl)c(Br)s1. The molecule has 0 saturated heterocycles. The van der Waals surface area contributed by atoms with Crippen LogP contribution < -0.4 is 5.32 Å². The Hall–Kier alpha value is 0.430. The van der Waals surface area contributed by atoms with Crippen LogP contribution in [0, 0.1) is 5.92 Å². The molecule has 1 nitrogen and oxygen atoms in total. The van der Waals surface area contributed by atoms with Crippen LogP contribution in [0.15, 0.2) is 9.85 Å². The van der Waals surface area contributed by atoms with E-state index in [9.17, 15) is 0 Å². The Morgan fingerprint density at radius 2 is 2.12 bits per heavy atom. The minimum Gasteiger partial charge on any atom is -0.310 e. The zero-order valence-electron chi connectivity index (χ0n) is 10.0. The Morgan fingerprint density at radius 1 is 1.44 bits per heavy atom. The first-order chi connectivity index (χ1) is 7.54. The van der Waals surface area contributed by atoms with Crippen LogP contribution in [0.4, 0.5) is 0 Å². The smallest absolute Gasteiger partial charge is 0.0887 e. The van der Waals surface area contributed by atoms with Gasteiger partial charge in [0.15, 0.2) is 0 Å². The average Bonchev–Trinajstić information content (AvgIpc) is 2.53. The van der Waals surface area contributed by atoms with Crippen LogP contribution in [0.2, 0.25) is 5.02 Å². The first kappa shape index (κ1) is 14.5. The molecule has 0 amide bonds. The van der Waals surface area contributed by atoms with Gasteiger partial charge in [0.2, 0.25) is 0 Å². The number of hydrogen-bond acceptors (Lipinski definition) is 2. The van der Waals surface area contributed by atoms with Gasteiger partial charge in [-0.3, -0.25) is 0 Å². The second-order valence-electron chi connectivity index (χ2n) is 4.35.